The second kappa shape index (κ2) is 4.77. The molecule has 0 aliphatic rings. The van der Waals surface area contributed by atoms with Gasteiger partial charge in [0.05, 0.1) is 11.1 Å². The van der Waals surface area contributed by atoms with Crippen molar-refractivity contribution >= 4 is 16.9 Å². The monoisotopic (exact) mass is 266 g/mol. The summed E-state index contributed by atoms with van der Waals surface area (Å²) in [5, 5.41) is 13.8. The summed E-state index contributed by atoms with van der Waals surface area (Å²) in [5.41, 5.74) is 2.00. The second-order valence-electron chi connectivity index (χ2n) is 4.45. The summed E-state index contributed by atoms with van der Waals surface area (Å²) in [6.07, 6.45) is 0. The first kappa shape index (κ1) is 12.3. The summed E-state index contributed by atoms with van der Waals surface area (Å²) in [6, 6.07) is 10.9. The molecular weight excluding hydrogens is 252 g/mol. The van der Waals surface area contributed by atoms with Gasteiger partial charge in [-0.15, -0.1) is 0 Å². The maximum absolute atomic E-state index is 9.91. The van der Waals surface area contributed by atoms with Gasteiger partial charge in [-0.1, -0.05) is 12.1 Å². The minimum absolute atomic E-state index is 0.207. The van der Waals surface area contributed by atoms with Crippen LogP contribution in [0.25, 0.3) is 22.3 Å². The SMILES string of the molecule is CNc1nc(C)nc2nc(-c3ccccc3O)ccc12. The quantitative estimate of drug-likeness (QED) is 0.746. The molecule has 0 radical (unpaired) electrons. The van der Waals surface area contributed by atoms with Crippen LogP contribution in [0.2, 0.25) is 0 Å². The molecule has 5 nitrogen and oxygen atoms in total. The van der Waals surface area contributed by atoms with Gasteiger partial charge >= 0.3 is 0 Å². The summed E-state index contributed by atoms with van der Waals surface area (Å²) in [6.45, 7) is 1.83. The summed E-state index contributed by atoms with van der Waals surface area (Å²) in [4.78, 5) is 13.2. The molecule has 3 aromatic rings. The molecule has 0 fully saturated rings. The Hall–Kier alpha value is -2.69. The number of nitrogens with one attached hydrogen (secondary N) is 1. The fraction of sp³-hybridized carbons (Fsp3) is 0.133. The van der Waals surface area contributed by atoms with Crippen molar-refractivity contribution in [2.24, 2.45) is 0 Å². The minimum atomic E-state index is 0.207. The predicted octanol–water partition coefficient (Wildman–Crippen LogP) is 2.75. The van der Waals surface area contributed by atoms with E-state index in [0.717, 1.165) is 11.2 Å². The average molecular weight is 266 g/mol. The van der Waals surface area contributed by atoms with Crippen LogP contribution in [0.4, 0.5) is 5.82 Å². The molecule has 0 saturated heterocycles. The fourth-order valence-electron chi connectivity index (χ4n) is 2.15. The highest BCUT2D eigenvalue weighted by atomic mass is 16.3. The Kier molecular flexibility index (Phi) is 2.95. The average Bonchev–Trinajstić information content (AvgIpc) is 2.46. The molecule has 5 heteroatoms. The van der Waals surface area contributed by atoms with Crippen LogP contribution in [-0.2, 0) is 0 Å². The van der Waals surface area contributed by atoms with Gasteiger partial charge in [-0.05, 0) is 31.2 Å². The van der Waals surface area contributed by atoms with Gasteiger partial charge in [-0.3, -0.25) is 0 Å². The molecule has 0 bridgehead atoms. The fourth-order valence-corrected chi connectivity index (χ4v) is 2.15. The molecule has 0 spiro atoms. The van der Waals surface area contributed by atoms with E-state index in [4.69, 9.17) is 0 Å². The van der Waals surface area contributed by atoms with Crippen LogP contribution in [0.1, 0.15) is 5.82 Å². The lowest BCUT2D eigenvalue weighted by Gasteiger charge is -2.08. The number of aromatic nitrogens is 3. The second-order valence-corrected chi connectivity index (χ2v) is 4.45. The zero-order valence-corrected chi connectivity index (χ0v) is 11.3. The Morgan fingerprint density at radius 2 is 1.80 bits per heavy atom. The Bertz CT molecular complexity index is 786. The summed E-state index contributed by atoms with van der Waals surface area (Å²) >= 11 is 0. The van der Waals surface area contributed by atoms with E-state index in [0.29, 0.717) is 22.7 Å². The van der Waals surface area contributed by atoms with Gasteiger partial charge in [0.25, 0.3) is 0 Å². The van der Waals surface area contributed by atoms with Gasteiger partial charge in [-0.2, -0.15) is 0 Å². The molecule has 0 saturated carbocycles. The molecule has 0 unspecified atom stereocenters. The number of pyridine rings is 1. The molecule has 0 amide bonds. The number of nitrogens with zero attached hydrogens (tertiary/aromatic N) is 3. The van der Waals surface area contributed by atoms with Gasteiger partial charge in [0.2, 0.25) is 0 Å². The first-order chi connectivity index (χ1) is 9.69. The van der Waals surface area contributed by atoms with Gasteiger partial charge in [0.15, 0.2) is 5.65 Å². The molecule has 1 aromatic carbocycles. The highest BCUT2D eigenvalue weighted by Gasteiger charge is 2.09. The van der Waals surface area contributed by atoms with E-state index in [1.54, 1.807) is 12.1 Å². The Balaban J connectivity index is 2.23. The lowest BCUT2D eigenvalue weighted by Crippen LogP contribution is -2.00. The molecule has 2 heterocycles. The standard InChI is InChI=1S/C15H14N4O/c1-9-17-14(16-2)11-7-8-12(19-15(11)18-9)10-5-3-4-6-13(10)20/h3-8,20H,1-2H3,(H,16,17,18,19). The number of anilines is 1. The molecular formula is C15H14N4O. The lowest BCUT2D eigenvalue weighted by molar-refractivity contribution is 0.477. The third kappa shape index (κ3) is 2.03. The number of para-hydroxylation sites is 1. The Labute approximate surface area is 116 Å². The smallest absolute Gasteiger partial charge is 0.165 e. The van der Waals surface area contributed by atoms with E-state index < -0.39 is 0 Å². The highest BCUT2D eigenvalue weighted by Crippen LogP contribution is 2.29. The van der Waals surface area contributed by atoms with E-state index in [1.807, 2.05) is 38.2 Å². The largest absolute Gasteiger partial charge is 0.507 e. The van der Waals surface area contributed by atoms with Crippen LogP contribution in [-0.4, -0.2) is 27.1 Å². The normalized spacial score (nSPS) is 10.7. The molecule has 20 heavy (non-hydrogen) atoms. The third-order valence-corrected chi connectivity index (χ3v) is 3.09. The van der Waals surface area contributed by atoms with Crippen LogP contribution >= 0.6 is 0 Å². The molecule has 0 aliphatic heterocycles. The zero-order chi connectivity index (χ0) is 14.1. The van der Waals surface area contributed by atoms with Gasteiger partial charge in [-0.25, -0.2) is 15.0 Å². The number of benzene rings is 1. The van der Waals surface area contributed by atoms with Gasteiger partial charge in [0.1, 0.15) is 17.4 Å². The molecule has 2 aromatic heterocycles. The van der Waals surface area contributed by atoms with Crippen LogP contribution in [0.3, 0.4) is 0 Å². The first-order valence-corrected chi connectivity index (χ1v) is 6.30. The highest BCUT2D eigenvalue weighted by molar-refractivity contribution is 5.88. The van der Waals surface area contributed by atoms with Crippen LogP contribution in [0.15, 0.2) is 36.4 Å². The summed E-state index contributed by atoms with van der Waals surface area (Å²) in [7, 11) is 1.82. The van der Waals surface area contributed by atoms with Crippen molar-refractivity contribution in [3.8, 4) is 17.0 Å². The summed E-state index contributed by atoms with van der Waals surface area (Å²) < 4.78 is 0. The van der Waals surface area contributed by atoms with Crippen LogP contribution < -0.4 is 5.32 Å². The third-order valence-electron chi connectivity index (χ3n) is 3.09. The van der Waals surface area contributed by atoms with Crippen molar-refractivity contribution in [2.75, 3.05) is 12.4 Å². The van der Waals surface area contributed by atoms with E-state index in [-0.39, 0.29) is 5.75 Å². The molecule has 3 rings (SSSR count). The number of hydrogen-bond donors (Lipinski definition) is 2. The van der Waals surface area contributed by atoms with Crippen molar-refractivity contribution in [3.63, 3.8) is 0 Å². The first-order valence-electron chi connectivity index (χ1n) is 6.30. The van der Waals surface area contributed by atoms with E-state index in [9.17, 15) is 5.11 Å². The van der Waals surface area contributed by atoms with Crippen molar-refractivity contribution in [2.45, 2.75) is 6.92 Å². The van der Waals surface area contributed by atoms with E-state index >= 15 is 0 Å². The van der Waals surface area contributed by atoms with Gasteiger partial charge < -0.3 is 10.4 Å². The van der Waals surface area contributed by atoms with Crippen molar-refractivity contribution in [1.82, 2.24) is 15.0 Å². The Morgan fingerprint density at radius 3 is 2.55 bits per heavy atom. The van der Waals surface area contributed by atoms with E-state index in [1.165, 1.54) is 0 Å². The topological polar surface area (TPSA) is 70.9 Å². The predicted molar refractivity (Wildman–Crippen MR) is 78.7 cm³/mol. The van der Waals surface area contributed by atoms with Crippen LogP contribution in [0, 0.1) is 6.92 Å². The van der Waals surface area contributed by atoms with Crippen molar-refractivity contribution in [3.05, 3.63) is 42.2 Å². The van der Waals surface area contributed by atoms with Crippen LogP contribution in [0.5, 0.6) is 5.75 Å². The molecule has 100 valence electrons. The van der Waals surface area contributed by atoms with Gasteiger partial charge in [0, 0.05) is 12.6 Å². The Morgan fingerprint density at radius 1 is 1.00 bits per heavy atom. The number of fused-ring (bicyclic) bond motifs is 1. The number of rotatable bonds is 2. The lowest BCUT2D eigenvalue weighted by atomic mass is 10.1. The maximum Gasteiger partial charge on any atom is 0.165 e. The number of aromatic hydroxyl groups is 1. The number of hydrogen-bond acceptors (Lipinski definition) is 5. The van der Waals surface area contributed by atoms with E-state index in [2.05, 4.69) is 20.3 Å². The number of phenolic OH excluding ortho intramolecular Hbond substituents is 1. The number of phenols is 1. The number of aryl methyl sites for hydroxylation is 1. The molecule has 0 aliphatic carbocycles. The van der Waals surface area contributed by atoms with Crippen molar-refractivity contribution in [1.29, 1.82) is 0 Å². The minimum Gasteiger partial charge on any atom is -0.507 e. The molecule has 2 N–H and O–H groups in total. The summed E-state index contributed by atoms with van der Waals surface area (Å²) in [5.74, 6) is 1.62. The van der Waals surface area contributed by atoms with Crippen molar-refractivity contribution < 1.29 is 5.11 Å². The maximum atomic E-state index is 9.91. The molecule has 0 atom stereocenters. The zero-order valence-electron chi connectivity index (χ0n) is 11.3.